The van der Waals surface area contributed by atoms with Gasteiger partial charge in [-0.1, -0.05) is 19.3 Å². The molecule has 0 aromatic carbocycles. The van der Waals surface area contributed by atoms with Gasteiger partial charge in [-0.25, -0.2) is 0 Å². The van der Waals surface area contributed by atoms with Crippen LogP contribution in [0.3, 0.4) is 0 Å². The lowest BCUT2D eigenvalue weighted by Gasteiger charge is -2.14. The molecule has 0 aromatic rings. The maximum atomic E-state index is 10.6. The lowest BCUT2D eigenvalue weighted by molar-refractivity contribution is -0.136. The zero-order valence-electron chi connectivity index (χ0n) is 6.58. The van der Waals surface area contributed by atoms with E-state index in [1.165, 1.54) is 19.3 Å². The second-order valence-corrected chi connectivity index (χ2v) is 4.21. The Balaban J connectivity index is 2.32. The normalized spacial score (nSPS) is 27.1. The molecule has 0 saturated carbocycles. The number of carboxylic acid groups (broad SMARTS) is 1. The van der Waals surface area contributed by atoms with E-state index in [1.54, 1.807) is 11.8 Å². The maximum Gasteiger partial charge on any atom is 0.316 e. The highest BCUT2D eigenvalue weighted by atomic mass is 32.2. The summed E-state index contributed by atoms with van der Waals surface area (Å²) in [5.41, 5.74) is 0. The summed E-state index contributed by atoms with van der Waals surface area (Å²) >= 11 is 1.61. The average molecular weight is 174 g/mol. The summed E-state index contributed by atoms with van der Waals surface area (Å²) in [5, 5.41) is 8.60. The van der Waals surface area contributed by atoms with Gasteiger partial charge in [0, 0.05) is 0 Å². The van der Waals surface area contributed by atoms with Gasteiger partial charge in [0.15, 0.2) is 0 Å². The largest absolute Gasteiger partial charge is 0.480 e. The Hall–Kier alpha value is -0.180. The van der Waals surface area contributed by atoms with Crippen LogP contribution in [0.2, 0.25) is 0 Å². The van der Waals surface area contributed by atoms with Crippen molar-refractivity contribution >= 4 is 17.7 Å². The van der Waals surface area contributed by atoms with Crippen molar-refractivity contribution in [3.05, 3.63) is 0 Å². The Bertz CT molecular complexity index is 128. The molecule has 0 spiro atoms. The number of hydrogen-bond donors (Lipinski definition) is 1. The lowest BCUT2D eigenvalue weighted by Crippen LogP contribution is -2.17. The van der Waals surface area contributed by atoms with E-state index in [4.69, 9.17) is 5.11 Å². The highest BCUT2D eigenvalue weighted by Crippen LogP contribution is 2.23. The molecule has 1 heterocycles. The van der Waals surface area contributed by atoms with Crippen LogP contribution in [0.4, 0.5) is 0 Å². The zero-order valence-corrected chi connectivity index (χ0v) is 7.40. The highest BCUT2D eigenvalue weighted by molar-refractivity contribution is 8.00. The minimum absolute atomic E-state index is 0.129. The Kier molecular flexibility index (Phi) is 3.77. The van der Waals surface area contributed by atoms with Crippen LogP contribution in [-0.2, 0) is 4.79 Å². The van der Waals surface area contributed by atoms with E-state index < -0.39 is 5.97 Å². The standard InChI is InChI=1S/C8H14O2S/c9-8(10)7-5-3-1-2-4-6-11-7/h7H,1-6H2,(H,9,10). The van der Waals surface area contributed by atoms with Gasteiger partial charge in [-0.2, -0.15) is 0 Å². The molecule has 3 heteroatoms. The molecule has 0 bridgehead atoms. The molecule has 1 unspecified atom stereocenters. The molecule has 11 heavy (non-hydrogen) atoms. The van der Waals surface area contributed by atoms with Gasteiger partial charge in [-0.15, -0.1) is 11.8 Å². The summed E-state index contributed by atoms with van der Waals surface area (Å²) in [6.45, 7) is 0. The fourth-order valence-electron chi connectivity index (χ4n) is 1.29. The minimum Gasteiger partial charge on any atom is -0.480 e. The number of thioether (sulfide) groups is 1. The van der Waals surface area contributed by atoms with E-state index in [0.717, 1.165) is 18.6 Å². The molecule has 1 fully saturated rings. The molecule has 1 rings (SSSR count). The summed E-state index contributed by atoms with van der Waals surface area (Å²) in [6.07, 6.45) is 5.63. The van der Waals surface area contributed by atoms with Gasteiger partial charge in [0.05, 0.1) is 0 Å². The van der Waals surface area contributed by atoms with Crippen LogP contribution in [0.5, 0.6) is 0 Å². The first-order valence-electron chi connectivity index (χ1n) is 4.15. The van der Waals surface area contributed by atoms with Crippen molar-refractivity contribution in [1.29, 1.82) is 0 Å². The summed E-state index contributed by atoms with van der Waals surface area (Å²) in [5.74, 6) is 0.397. The third-order valence-corrected chi connectivity index (χ3v) is 3.32. The van der Waals surface area contributed by atoms with Gasteiger partial charge in [-0.05, 0) is 18.6 Å². The molecule has 1 saturated heterocycles. The Morgan fingerprint density at radius 2 is 2.00 bits per heavy atom. The van der Waals surface area contributed by atoms with Crippen molar-refractivity contribution < 1.29 is 9.90 Å². The van der Waals surface area contributed by atoms with Crippen LogP contribution in [0, 0.1) is 0 Å². The predicted octanol–water partition coefficient (Wildman–Crippen LogP) is 2.14. The fraction of sp³-hybridized carbons (Fsp3) is 0.875. The molecule has 0 aliphatic carbocycles. The maximum absolute atomic E-state index is 10.6. The van der Waals surface area contributed by atoms with Gasteiger partial charge >= 0.3 is 5.97 Å². The number of hydrogen-bond acceptors (Lipinski definition) is 2. The van der Waals surface area contributed by atoms with E-state index in [-0.39, 0.29) is 5.25 Å². The summed E-state index contributed by atoms with van der Waals surface area (Å²) in [7, 11) is 0. The first kappa shape index (κ1) is 8.91. The molecule has 2 nitrogen and oxygen atoms in total. The zero-order chi connectivity index (χ0) is 8.10. The predicted molar refractivity (Wildman–Crippen MR) is 47.0 cm³/mol. The van der Waals surface area contributed by atoms with Crippen LogP contribution >= 0.6 is 11.8 Å². The highest BCUT2D eigenvalue weighted by Gasteiger charge is 2.18. The van der Waals surface area contributed by atoms with E-state index in [9.17, 15) is 4.79 Å². The number of aliphatic carboxylic acids is 1. The second-order valence-electron chi connectivity index (χ2n) is 2.90. The van der Waals surface area contributed by atoms with Crippen LogP contribution in [0.25, 0.3) is 0 Å². The number of rotatable bonds is 1. The number of carbonyl (C=O) groups is 1. The Labute approximate surface area is 71.4 Å². The summed E-state index contributed by atoms with van der Waals surface area (Å²) in [6, 6.07) is 0. The number of carboxylic acids is 1. The molecule has 1 atom stereocenters. The molecule has 0 aromatic heterocycles. The summed E-state index contributed by atoms with van der Waals surface area (Å²) in [4.78, 5) is 10.6. The van der Waals surface area contributed by atoms with Crippen LogP contribution in [0.15, 0.2) is 0 Å². The van der Waals surface area contributed by atoms with E-state index in [1.807, 2.05) is 0 Å². The molecule has 0 radical (unpaired) electrons. The van der Waals surface area contributed by atoms with Gasteiger partial charge in [0.1, 0.15) is 5.25 Å². The Morgan fingerprint density at radius 1 is 1.27 bits per heavy atom. The Morgan fingerprint density at radius 3 is 2.73 bits per heavy atom. The molecule has 1 N–H and O–H groups in total. The molecule has 64 valence electrons. The van der Waals surface area contributed by atoms with Crippen LogP contribution in [-0.4, -0.2) is 22.1 Å². The van der Waals surface area contributed by atoms with Crippen molar-refractivity contribution in [1.82, 2.24) is 0 Å². The van der Waals surface area contributed by atoms with Crippen LogP contribution < -0.4 is 0 Å². The van der Waals surface area contributed by atoms with Gasteiger partial charge < -0.3 is 5.11 Å². The first-order chi connectivity index (χ1) is 5.30. The van der Waals surface area contributed by atoms with Crippen molar-refractivity contribution in [3.63, 3.8) is 0 Å². The molecular formula is C8H14O2S. The van der Waals surface area contributed by atoms with Crippen LogP contribution in [0.1, 0.15) is 32.1 Å². The van der Waals surface area contributed by atoms with Crippen molar-refractivity contribution in [2.45, 2.75) is 37.4 Å². The van der Waals surface area contributed by atoms with Gasteiger partial charge in [-0.3, -0.25) is 4.79 Å². The van der Waals surface area contributed by atoms with E-state index in [0.29, 0.717) is 0 Å². The SMILES string of the molecule is O=C(O)C1CCCCCCS1. The van der Waals surface area contributed by atoms with Crippen molar-refractivity contribution in [2.75, 3.05) is 5.75 Å². The molecule has 1 aliphatic heterocycles. The fourth-order valence-corrected chi connectivity index (χ4v) is 2.42. The first-order valence-corrected chi connectivity index (χ1v) is 5.20. The van der Waals surface area contributed by atoms with Crippen molar-refractivity contribution in [3.8, 4) is 0 Å². The molecular weight excluding hydrogens is 160 g/mol. The topological polar surface area (TPSA) is 37.3 Å². The van der Waals surface area contributed by atoms with Gasteiger partial charge in [0.25, 0.3) is 0 Å². The third kappa shape index (κ3) is 3.14. The smallest absolute Gasteiger partial charge is 0.316 e. The van der Waals surface area contributed by atoms with Gasteiger partial charge in [0.2, 0.25) is 0 Å². The van der Waals surface area contributed by atoms with E-state index >= 15 is 0 Å². The lowest BCUT2D eigenvalue weighted by atomic mass is 10.1. The monoisotopic (exact) mass is 174 g/mol. The second kappa shape index (κ2) is 4.65. The summed E-state index contributed by atoms with van der Waals surface area (Å²) < 4.78 is 0. The third-order valence-electron chi connectivity index (χ3n) is 1.96. The van der Waals surface area contributed by atoms with Crippen molar-refractivity contribution in [2.24, 2.45) is 0 Å². The molecule has 1 aliphatic rings. The molecule has 0 amide bonds. The van der Waals surface area contributed by atoms with E-state index in [2.05, 4.69) is 0 Å². The average Bonchev–Trinajstić information content (AvgIpc) is 1.84. The minimum atomic E-state index is -0.628. The quantitative estimate of drug-likeness (QED) is 0.661.